The number of anilines is 1. The largest absolute Gasteiger partial charge is 0.377 e. The summed E-state index contributed by atoms with van der Waals surface area (Å²) in [6.45, 7) is 2.58. The second kappa shape index (κ2) is 6.70. The molecule has 0 amide bonds. The van der Waals surface area contributed by atoms with E-state index >= 15 is 0 Å². The summed E-state index contributed by atoms with van der Waals surface area (Å²) >= 11 is 3.53. The van der Waals surface area contributed by atoms with Gasteiger partial charge in [0, 0.05) is 44.0 Å². The molecule has 1 N–H and O–H groups in total. The van der Waals surface area contributed by atoms with E-state index in [1.54, 1.807) is 14.2 Å². The second-order valence-corrected chi connectivity index (χ2v) is 5.67. The predicted octanol–water partition coefficient (Wildman–Crippen LogP) is 2.02. The Kier molecular flexibility index (Phi) is 5.21. The summed E-state index contributed by atoms with van der Waals surface area (Å²) in [5.41, 5.74) is 2.53. The Balaban J connectivity index is 2.22. The summed E-state index contributed by atoms with van der Waals surface area (Å²) in [6, 6.07) is 6.39. The summed E-state index contributed by atoms with van der Waals surface area (Å²) in [7, 11) is 5.46. The Bertz CT molecular complexity index is 416. The molecule has 1 fully saturated rings. The minimum Gasteiger partial charge on any atom is -0.377 e. The van der Waals surface area contributed by atoms with Crippen molar-refractivity contribution in [2.45, 2.75) is 18.8 Å². The maximum atomic E-state index is 5.50. The van der Waals surface area contributed by atoms with E-state index in [1.807, 2.05) is 7.05 Å². The van der Waals surface area contributed by atoms with Crippen molar-refractivity contribution in [1.29, 1.82) is 0 Å². The molecule has 0 radical (unpaired) electrons. The Hall–Kier alpha value is -0.620. The Labute approximate surface area is 123 Å². The Morgan fingerprint density at radius 3 is 2.42 bits per heavy atom. The normalized spacial score (nSPS) is 23.1. The van der Waals surface area contributed by atoms with Gasteiger partial charge in [0.1, 0.15) is 12.2 Å². The minimum atomic E-state index is 0.135. The lowest BCUT2D eigenvalue weighted by atomic mass is 10.1. The zero-order chi connectivity index (χ0) is 13.8. The fraction of sp³-hybridized carbons (Fsp3) is 0.571. The third-order valence-corrected chi connectivity index (χ3v) is 4.06. The van der Waals surface area contributed by atoms with E-state index in [1.165, 1.54) is 11.3 Å². The van der Waals surface area contributed by atoms with Gasteiger partial charge in [0.2, 0.25) is 0 Å². The number of nitrogens with one attached hydrogen (secondary N) is 1. The first-order valence-electron chi connectivity index (χ1n) is 6.43. The van der Waals surface area contributed by atoms with Gasteiger partial charge in [0.05, 0.1) is 0 Å². The predicted molar refractivity (Wildman–Crippen MR) is 80.7 cm³/mol. The van der Waals surface area contributed by atoms with Crippen LogP contribution in [0, 0.1) is 0 Å². The molecule has 0 aliphatic carbocycles. The summed E-state index contributed by atoms with van der Waals surface area (Å²) in [6.07, 6.45) is 0.271. The molecule has 0 aromatic heterocycles. The van der Waals surface area contributed by atoms with Gasteiger partial charge >= 0.3 is 0 Å². The molecule has 106 valence electrons. The quantitative estimate of drug-likeness (QED) is 0.896. The highest BCUT2D eigenvalue weighted by atomic mass is 79.9. The highest BCUT2D eigenvalue weighted by Crippen LogP contribution is 2.29. The zero-order valence-corrected chi connectivity index (χ0v) is 13.2. The first kappa shape index (κ1) is 14.8. The van der Waals surface area contributed by atoms with Crippen LogP contribution in [0.1, 0.15) is 5.56 Å². The molecule has 1 heterocycles. The first-order valence-corrected chi connectivity index (χ1v) is 7.22. The lowest BCUT2D eigenvalue weighted by molar-refractivity contribution is -0.00461. The first-order chi connectivity index (χ1) is 9.19. The highest BCUT2D eigenvalue weighted by Gasteiger charge is 2.33. The molecule has 1 aliphatic rings. The van der Waals surface area contributed by atoms with Crippen LogP contribution in [0.3, 0.4) is 0 Å². The Morgan fingerprint density at radius 1 is 1.26 bits per heavy atom. The van der Waals surface area contributed by atoms with Crippen molar-refractivity contribution < 1.29 is 9.47 Å². The van der Waals surface area contributed by atoms with Crippen molar-refractivity contribution in [2.75, 3.05) is 39.3 Å². The summed E-state index contributed by atoms with van der Waals surface area (Å²) in [5.74, 6) is 0. The summed E-state index contributed by atoms with van der Waals surface area (Å²) in [4.78, 5) is 2.33. The SMILES string of the molecule is CNCc1cc(Br)ccc1N1CC(OC)C(OC)C1. The van der Waals surface area contributed by atoms with Gasteiger partial charge in [-0.3, -0.25) is 0 Å². The molecule has 19 heavy (non-hydrogen) atoms. The highest BCUT2D eigenvalue weighted by molar-refractivity contribution is 9.10. The van der Waals surface area contributed by atoms with Crippen LogP contribution in [0.5, 0.6) is 0 Å². The van der Waals surface area contributed by atoms with Gasteiger partial charge in [-0.2, -0.15) is 0 Å². The monoisotopic (exact) mass is 328 g/mol. The number of nitrogens with zero attached hydrogens (tertiary/aromatic N) is 1. The third-order valence-electron chi connectivity index (χ3n) is 3.57. The van der Waals surface area contributed by atoms with Gasteiger partial charge < -0.3 is 19.7 Å². The minimum absolute atomic E-state index is 0.135. The molecule has 2 unspecified atom stereocenters. The number of halogens is 1. The van der Waals surface area contributed by atoms with E-state index in [4.69, 9.17) is 9.47 Å². The number of benzene rings is 1. The average Bonchev–Trinajstić information content (AvgIpc) is 2.82. The van der Waals surface area contributed by atoms with E-state index in [-0.39, 0.29) is 12.2 Å². The van der Waals surface area contributed by atoms with Gasteiger partial charge in [0.25, 0.3) is 0 Å². The van der Waals surface area contributed by atoms with Crippen LogP contribution in [0.2, 0.25) is 0 Å². The van der Waals surface area contributed by atoms with Crippen LogP contribution in [0.4, 0.5) is 5.69 Å². The standard InChI is InChI=1S/C14H21BrN2O2/c1-16-7-10-6-11(15)4-5-12(10)17-8-13(18-2)14(9-17)19-3/h4-6,13-14,16H,7-9H2,1-3H3. The van der Waals surface area contributed by atoms with E-state index < -0.39 is 0 Å². The van der Waals surface area contributed by atoms with Crippen LogP contribution in [-0.4, -0.2) is 46.6 Å². The summed E-state index contributed by atoms with van der Waals surface area (Å²) in [5, 5.41) is 3.22. The molecule has 0 bridgehead atoms. The molecule has 2 atom stereocenters. The zero-order valence-electron chi connectivity index (χ0n) is 11.6. The average molecular weight is 329 g/mol. The van der Waals surface area contributed by atoms with E-state index in [2.05, 4.69) is 44.3 Å². The van der Waals surface area contributed by atoms with Crippen LogP contribution >= 0.6 is 15.9 Å². The second-order valence-electron chi connectivity index (χ2n) is 4.76. The molecule has 4 nitrogen and oxygen atoms in total. The number of ether oxygens (including phenoxy) is 2. The molecule has 5 heteroatoms. The fourth-order valence-corrected chi connectivity index (χ4v) is 3.00. The summed E-state index contributed by atoms with van der Waals surface area (Å²) < 4.78 is 12.1. The van der Waals surface area contributed by atoms with Crippen LogP contribution in [0.25, 0.3) is 0 Å². The lowest BCUT2D eigenvalue weighted by Crippen LogP contribution is -2.27. The van der Waals surface area contributed by atoms with E-state index in [0.29, 0.717) is 0 Å². The van der Waals surface area contributed by atoms with Gasteiger partial charge in [-0.25, -0.2) is 0 Å². The maximum Gasteiger partial charge on any atom is 0.102 e. The number of hydrogen-bond acceptors (Lipinski definition) is 4. The van der Waals surface area contributed by atoms with Gasteiger partial charge in [-0.1, -0.05) is 15.9 Å². The molecular formula is C14H21BrN2O2. The number of hydrogen-bond donors (Lipinski definition) is 1. The van der Waals surface area contributed by atoms with Gasteiger partial charge in [-0.05, 0) is 30.8 Å². The fourth-order valence-electron chi connectivity index (χ4n) is 2.59. The van der Waals surface area contributed by atoms with Crippen molar-refractivity contribution >= 4 is 21.6 Å². The molecule has 1 aromatic carbocycles. The molecular weight excluding hydrogens is 308 g/mol. The number of rotatable bonds is 5. The van der Waals surface area contributed by atoms with Crippen molar-refractivity contribution in [1.82, 2.24) is 5.32 Å². The third kappa shape index (κ3) is 3.28. The maximum absolute atomic E-state index is 5.50. The molecule has 1 saturated heterocycles. The van der Waals surface area contributed by atoms with Crippen LogP contribution in [-0.2, 0) is 16.0 Å². The van der Waals surface area contributed by atoms with Gasteiger partial charge in [-0.15, -0.1) is 0 Å². The number of methoxy groups -OCH3 is 2. The molecule has 1 aromatic rings. The van der Waals surface area contributed by atoms with Crippen molar-refractivity contribution in [3.8, 4) is 0 Å². The molecule has 0 spiro atoms. The van der Waals surface area contributed by atoms with Crippen molar-refractivity contribution in [3.05, 3.63) is 28.2 Å². The van der Waals surface area contributed by atoms with Crippen molar-refractivity contribution in [3.63, 3.8) is 0 Å². The topological polar surface area (TPSA) is 33.7 Å². The van der Waals surface area contributed by atoms with E-state index in [0.717, 1.165) is 24.1 Å². The lowest BCUT2D eigenvalue weighted by Gasteiger charge is -2.22. The molecule has 2 rings (SSSR count). The Morgan fingerprint density at radius 2 is 1.89 bits per heavy atom. The molecule has 1 aliphatic heterocycles. The smallest absolute Gasteiger partial charge is 0.102 e. The van der Waals surface area contributed by atoms with Crippen LogP contribution in [0.15, 0.2) is 22.7 Å². The van der Waals surface area contributed by atoms with Crippen molar-refractivity contribution in [2.24, 2.45) is 0 Å². The van der Waals surface area contributed by atoms with E-state index in [9.17, 15) is 0 Å². The molecule has 0 saturated carbocycles. The van der Waals surface area contributed by atoms with Gasteiger partial charge in [0.15, 0.2) is 0 Å². The van der Waals surface area contributed by atoms with Crippen LogP contribution < -0.4 is 10.2 Å².